The first-order chi connectivity index (χ1) is 12.5. The van der Waals surface area contributed by atoms with Gasteiger partial charge in [0, 0.05) is 20.3 Å². The van der Waals surface area contributed by atoms with Crippen LogP contribution < -0.4 is 5.32 Å². The minimum Gasteiger partial charge on any atom is -0.481 e. The average molecular weight is 355 g/mol. The van der Waals surface area contributed by atoms with Gasteiger partial charge >= 0.3 is 5.97 Å². The Hall–Kier alpha value is -2.40. The number of carbonyl (C=O) groups is 2. The van der Waals surface area contributed by atoms with E-state index in [1.54, 1.807) is 7.11 Å². The number of rotatable bonds is 9. The summed E-state index contributed by atoms with van der Waals surface area (Å²) >= 11 is 0. The van der Waals surface area contributed by atoms with Gasteiger partial charge in [0.2, 0.25) is 5.91 Å². The molecule has 5 nitrogen and oxygen atoms in total. The molecule has 1 aliphatic rings. The molecule has 0 bridgehead atoms. The smallest absolute Gasteiger partial charge is 0.308 e. The zero-order valence-corrected chi connectivity index (χ0v) is 15.0. The van der Waals surface area contributed by atoms with Crippen LogP contribution in [0.1, 0.15) is 24.8 Å². The van der Waals surface area contributed by atoms with Crippen LogP contribution in [0, 0.1) is 11.3 Å². The topological polar surface area (TPSA) is 75.6 Å². The molecule has 0 aliphatic heterocycles. The first kappa shape index (κ1) is 18.4. The number of carbonyl (C=O) groups excluding carboxylic acids is 1. The lowest BCUT2D eigenvalue weighted by atomic mass is 9.96. The fourth-order valence-electron chi connectivity index (χ4n) is 3.34. The number of aliphatic carboxylic acids is 1. The van der Waals surface area contributed by atoms with E-state index in [1.807, 2.05) is 42.5 Å². The quantitative estimate of drug-likeness (QED) is 0.725. The van der Waals surface area contributed by atoms with Crippen molar-refractivity contribution >= 4 is 22.6 Å². The van der Waals surface area contributed by atoms with E-state index >= 15 is 0 Å². The fraction of sp³-hybridized carbons (Fsp3) is 0.429. The van der Waals surface area contributed by atoms with Gasteiger partial charge in [-0.15, -0.1) is 0 Å². The lowest BCUT2D eigenvalue weighted by Crippen LogP contribution is -2.38. The Kier molecular flexibility index (Phi) is 5.57. The fourth-order valence-corrected chi connectivity index (χ4v) is 3.34. The second-order valence-electron chi connectivity index (χ2n) is 7.15. The Morgan fingerprint density at radius 2 is 1.92 bits per heavy atom. The average Bonchev–Trinajstić information content (AvgIpc) is 3.44. The van der Waals surface area contributed by atoms with Crippen LogP contribution in [0.3, 0.4) is 0 Å². The van der Waals surface area contributed by atoms with Crippen molar-refractivity contribution in [2.75, 3.05) is 20.3 Å². The number of methoxy groups -OCH3 is 1. The molecule has 0 saturated heterocycles. The van der Waals surface area contributed by atoms with Crippen LogP contribution in [0.2, 0.25) is 0 Å². The predicted octanol–water partition coefficient (Wildman–Crippen LogP) is 3.02. The lowest BCUT2D eigenvalue weighted by Gasteiger charge is -2.18. The number of carboxylic acids is 1. The van der Waals surface area contributed by atoms with E-state index in [0.29, 0.717) is 19.4 Å². The third-order valence-corrected chi connectivity index (χ3v) is 5.27. The summed E-state index contributed by atoms with van der Waals surface area (Å²) in [7, 11) is 1.62. The highest BCUT2D eigenvalue weighted by molar-refractivity contribution is 5.86. The number of fused-ring (bicyclic) bond motifs is 1. The molecule has 1 fully saturated rings. The molecule has 5 heteroatoms. The van der Waals surface area contributed by atoms with Gasteiger partial charge in [0.25, 0.3) is 0 Å². The Morgan fingerprint density at radius 3 is 2.58 bits per heavy atom. The van der Waals surface area contributed by atoms with Crippen molar-refractivity contribution in [3.63, 3.8) is 0 Å². The number of hydrogen-bond donors (Lipinski definition) is 2. The number of ether oxygens (including phenoxy) is 1. The van der Waals surface area contributed by atoms with Crippen LogP contribution >= 0.6 is 0 Å². The summed E-state index contributed by atoms with van der Waals surface area (Å²) < 4.78 is 5.07. The predicted molar refractivity (Wildman–Crippen MR) is 99.9 cm³/mol. The first-order valence-corrected chi connectivity index (χ1v) is 9.02. The number of carboxylic acid groups (broad SMARTS) is 1. The molecule has 1 unspecified atom stereocenters. The molecule has 0 radical (unpaired) electrons. The van der Waals surface area contributed by atoms with Crippen molar-refractivity contribution in [2.24, 2.45) is 11.3 Å². The number of nitrogens with one attached hydrogen (secondary N) is 1. The van der Waals surface area contributed by atoms with Crippen LogP contribution in [0.4, 0.5) is 0 Å². The Bertz CT molecular complexity index is 797. The Labute approximate surface area is 153 Å². The molecule has 1 saturated carbocycles. The molecule has 0 heterocycles. The van der Waals surface area contributed by atoms with Crippen LogP contribution in [-0.2, 0) is 20.7 Å². The van der Waals surface area contributed by atoms with Crippen LogP contribution in [0.5, 0.6) is 0 Å². The standard InChI is InChI=1S/C21H25NO4/c1-26-11-10-21(8-9-21)20(25)22-14-18(19(23)24)13-15-6-7-16-4-2-3-5-17(16)12-15/h2-7,12,18H,8-11,13-14H2,1H3,(H,22,25)(H,23,24). The summed E-state index contributed by atoms with van der Waals surface area (Å²) in [5.41, 5.74) is 0.619. The maximum absolute atomic E-state index is 12.4. The van der Waals surface area contributed by atoms with E-state index in [9.17, 15) is 14.7 Å². The molecule has 1 amide bonds. The summed E-state index contributed by atoms with van der Waals surface area (Å²) in [6.45, 7) is 0.697. The molecule has 0 spiro atoms. The first-order valence-electron chi connectivity index (χ1n) is 9.02. The third kappa shape index (κ3) is 4.22. The molecule has 2 aromatic carbocycles. The van der Waals surface area contributed by atoms with Crippen LogP contribution in [-0.4, -0.2) is 37.2 Å². The molecule has 1 aliphatic carbocycles. The van der Waals surface area contributed by atoms with E-state index < -0.39 is 11.9 Å². The lowest BCUT2D eigenvalue weighted by molar-refractivity contribution is -0.141. The van der Waals surface area contributed by atoms with Gasteiger partial charge in [-0.25, -0.2) is 0 Å². The molecular formula is C21H25NO4. The van der Waals surface area contributed by atoms with Gasteiger partial charge in [0.15, 0.2) is 0 Å². The summed E-state index contributed by atoms with van der Waals surface area (Å²) in [4.78, 5) is 24.1. The second kappa shape index (κ2) is 7.87. The molecule has 138 valence electrons. The van der Waals surface area contributed by atoms with Crippen molar-refractivity contribution in [3.05, 3.63) is 48.0 Å². The zero-order valence-electron chi connectivity index (χ0n) is 15.0. The molecule has 2 N–H and O–H groups in total. The highest BCUT2D eigenvalue weighted by Gasteiger charge is 2.49. The molecule has 3 rings (SSSR count). The molecule has 26 heavy (non-hydrogen) atoms. The molecule has 0 aromatic heterocycles. The van der Waals surface area contributed by atoms with Gasteiger partial charge in [-0.05, 0) is 42.0 Å². The van der Waals surface area contributed by atoms with Crippen molar-refractivity contribution in [1.82, 2.24) is 5.32 Å². The summed E-state index contributed by atoms with van der Waals surface area (Å²) in [5, 5.41) is 14.6. The summed E-state index contributed by atoms with van der Waals surface area (Å²) in [6.07, 6.45) is 2.79. The van der Waals surface area contributed by atoms with Gasteiger partial charge in [-0.2, -0.15) is 0 Å². The second-order valence-corrected chi connectivity index (χ2v) is 7.15. The zero-order chi connectivity index (χ0) is 18.6. The third-order valence-electron chi connectivity index (χ3n) is 5.27. The Balaban J connectivity index is 1.62. The number of amides is 1. The van der Waals surface area contributed by atoms with E-state index in [1.165, 1.54) is 0 Å². The van der Waals surface area contributed by atoms with Gasteiger partial charge < -0.3 is 15.2 Å². The van der Waals surface area contributed by atoms with Crippen LogP contribution in [0.15, 0.2) is 42.5 Å². The van der Waals surface area contributed by atoms with Gasteiger partial charge in [-0.3, -0.25) is 9.59 Å². The van der Waals surface area contributed by atoms with E-state index in [2.05, 4.69) is 5.32 Å². The van der Waals surface area contributed by atoms with Crippen molar-refractivity contribution in [1.29, 1.82) is 0 Å². The largest absolute Gasteiger partial charge is 0.481 e. The van der Waals surface area contributed by atoms with Gasteiger partial charge in [0.05, 0.1) is 11.3 Å². The normalized spacial score (nSPS) is 16.2. The van der Waals surface area contributed by atoms with Crippen molar-refractivity contribution < 1.29 is 19.4 Å². The molecule has 1 atom stereocenters. The van der Waals surface area contributed by atoms with Gasteiger partial charge in [0.1, 0.15) is 0 Å². The number of benzene rings is 2. The SMILES string of the molecule is COCCC1(C(=O)NCC(Cc2ccc3ccccc3c2)C(=O)O)CC1. The number of hydrogen-bond acceptors (Lipinski definition) is 3. The minimum absolute atomic E-state index is 0.0423. The maximum Gasteiger partial charge on any atom is 0.308 e. The van der Waals surface area contributed by atoms with E-state index in [-0.39, 0.29) is 17.9 Å². The van der Waals surface area contributed by atoms with Crippen molar-refractivity contribution in [3.8, 4) is 0 Å². The minimum atomic E-state index is -0.889. The highest BCUT2D eigenvalue weighted by Crippen LogP contribution is 2.48. The van der Waals surface area contributed by atoms with E-state index in [4.69, 9.17) is 4.74 Å². The van der Waals surface area contributed by atoms with Gasteiger partial charge in [-0.1, -0.05) is 42.5 Å². The van der Waals surface area contributed by atoms with Crippen LogP contribution in [0.25, 0.3) is 10.8 Å². The summed E-state index contributed by atoms with van der Waals surface area (Å²) in [6, 6.07) is 14.0. The maximum atomic E-state index is 12.4. The molecule has 2 aromatic rings. The van der Waals surface area contributed by atoms with E-state index in [0.717, 1.165) is 29.2 Å². The Morgan fingerprint density at radius 1 is 1.19 bits per heavy atom. The molecular weight excluding hydrogens is 330 g/mol. The van der Waals surface area contributed by atoms with Crippen molar-refractivity contribution in [2.45, 2.75) is 25.7 Å². The monoisotopic (exact) mass is 355 g/mol. The summed E-state index contributed by atoms with van der Waals surface area (Å²) in [5.74, 6) is -1.57. The highest BCUT2D eigenvalue weighted by atomic mass is 16.5.